The van der Waals surface area contributed by atoms with E-state index in [4.69, 9.17) is 4.43 Å². The molecule has 1 fully saturated rings. The van der Waals surface area contributed by atoms with Crippen LogP contribution in [0.25, 0.3) is 0 Å². The van der Waals surface area contributed by atoms with Crippen molar-refractivity contribution in [3.05, 3.63) is 0 Å². The molecule has 1 aliphatic rings. The molecule has 6 nitrogen and oxygen atoms in total. The van der Waals surface area contributed by atoms with E-state index in [0.29, 0.717) is 6.42 Å². The van der Waals surface area contributed by atoms with Gasteiger partial charge in [0.05, 0.1) is 12.1 Å². The molecule has 0 saturated carbocycles. The zero-order chi connectivity index (χ0) is 20.1. The summed E-state index contributed by atoms with van der Waals surface area (Å²) < 4.78 is 5.88. The van der Waals surface area contributed by atoms with Crippen molar-refractivity contribution >= 4 is 20.4 Å². The molecule has 0 aromatic carbocycles. The second-order valence-corrected chi connectivity index (χ2v) is 14.5. The Labute approximate surface area is 152 Å². The first-order valence-corrected chi connectivity index (χ1v) is 11.9. The van der Waals surface area contributed by atoms with Crippen molar-refractivity contribution in [2.24, 2.45) is 0 Å². The highest BCUT2D eigenvalue weighted by Gasteiger charge is 2.71. The fourth-order valence-corrected chi connectivity index (χ4v) is 5.47. The molecule has 0 aromatic heterocycles. The lowest BCUT2D eigenvalue weighted by atomic mass is 9.84. The number of nitrogens with zero attached hydrogens (tertiary/aromatic N) is 1. The van der Waals surface area contributed by atoms with Crippen molar-refractivity contribution in [1.82, 2.24) is 0 Å². The van der Waals surface area contributed by atoms with Crippen LogP contribution >= 0.6 is 0 Å². The maximum Gasteiger partial charge on any atom is 0.368 e. The molecule has 0 aliphatic carbocycles. The molecule has 1 saturated heterocycles. The molecule has 1 N–H and O–H groups in total. The Morgan fingerprint density at radius 3 is 2.00 bits per heavy atom. The third-order valence-electron chi connectivity index (χ3n) is 6.55. The number of carbonyl (C=O) groups is 2. The summed E-state index contributed by atoms with van der Waals surface area (Å²) in [5, 5.41) is 22.4. The van der Waals surface area contributed by atoms with Crippen LogP contribution in [0.4, 0.5) is 4.79 Å². The molecule has 1 amide bonds. The number of carbonyl (C=O) groups excluding carboxylic acids is 1. The second-order valence-electron chi connectivity index (χ2n) is 9.71. The summed E-state index contributed by atoms with van der Waals surface area (Å²) in [5.74, 6) is -1.12. The number of carboxylic acids is 1. The minimum Gasteiger partial charge on any atom is -0.498 e. The van der Waals surface area contributed by atoms with E-state index in [-0.39, 0.29) is 18.0 Å². The molecule has 146 valence electrons. The molecule has 0 spiro atoms. The van der Waals surface area contributed by atoms with Crippen LogP contribution in [-0.2, 0) is 9.22 Å². The van der Waals surface area contributed by atoms with Gasteiger partial charge in [-0.25, -0.2) is 4.79 Å². The van der Waals surface area contributed by atoms with E-state index in [2.05, 4.69) is 33.9 Å². The van der Waals surface area contributed by atoms with Gasteiger partial charge in [0.2, 0.25) is 5.54 Å². The van der Waals surface area contributed by atoms with Gasteiger partial charge < -0.3 is 19.4 Å². The Morgan fingerprint density at radius 1 is 1.24 bits per heavy atom. The van der Waals surface area contributed by atoms with Crippen molar-refractivity contribution < 1.29 is 28.7 Å². The largest absolute Gasteiger partial charge is 0.498 e. The quantitative estimate of drug-likeness (QED) is 0.605. The van der Waals surface area contributed by atoms with Crippen molar-refractivity contribution in [2.45, 2.75) is 96.6 Å². The van der Waals surface area contributed by atoms with Gasteiger partial charge >= 0.3 is 5.97 Å². The molecule has 1 unspecified atom stereocenters. The van der Waals surface area contributed by atoms with Crippen LogP contribution in [-0.4, -0.2) is 53.7 Å². The second kappa shape index (κ2) is 6.35. The maximum atomic E-state index is 12.5. The van der Waals surface area contributed by atoms with Crippen LogP contribution in [0, 0.1) is 0 Å². The molecule has 25 heavy (non-hydrogen) atoms. The van der Waals surface area contributed by atoms with E-state index in [1.165, 1.54) is 0 Å². The van der Waals surface area contributed by atoms with Crippen LogP contribution in [0.3, 0.4) is 0 Å². The summed E-state index contributed by atoms with van der Waals surface area (Å²) in [6.07, 6.45) is -1.41. The standard InChI is InChI=1S/C18H35NO5Si/c1-10-18(14(20)21)13(24-25(8,9)17(5,6)7)11-12-19(18,15(22)23)16(2,3)4/h13H,10-12H2,1-9H3,(H-,20,21,22,23)/t13-,18-,19?/m0/s1. The Balaban J connectivity index is 3.60. The summed E-state index contributed by atoms with van der Waals surface area (Å²) in [4.78, 5) is 24.8. The van der Waals surface area contributed by atoms with E-state index in [1.54, 1.807) is 27.7 Å². The number of hydrogen-bond acceptors (Lipinski definition) is 4. The lowest BCUT2D eigenvalue weighted by Gasteiger charge is -2.55. The Kier molecular flexibility index (Phi) is 5.62. The number of hydrogen-bond donors (Lipinski definition) is 1. The van der Waals surface area contributed by atoms with Crippen molar-refractivity contribution in [3.63, 3.8) is 0 Å². The number of rotatable bonds is 4. The molecule has 1 rings (SSSR count). The van der Waals surface area contributed by atoms with Crippen LogP contribution in [0.5, 0.6) is 0 Å². The highest BCUT2D eigenvalue weighted by molar-refractivity contribution is 6.74. The SMILES string of the molecule is CC[C@@]1(C(=O)O)[C@@H](O[Si](C)(C)C(C)(C)C)CC[N+]1(C(=O)[O-])C(C)(C)C. The summed E-state index contributed by atoms with van der Waals surface area (Å²) in [6.45, 7) is 17.7. The molecular formula is C18H35NO5Si. The van der Waals surface area contributed by atoms with Crippen molar-refractivity contribution in [1.29, 1.82) is 0 Å². The summed E-state index contributed by atoms with van der Waals surface area (Å²) in [5.41, 5.74) is -2.37. The maximum absolute atomic E-state index is 12.5. The summed E-state index contributed by atoms with van der Waals surface area (Å²) in [7, 11) is -2.26. The molecule has 7 heteroatoms. The number of aliphatic carboxylic acids is 1. The first-order valence-electron chi connectivity index (χ1n) is 9.02. The third kappa shape index (κ3) is 3.04. The molecule has 1 aliphatic heterocycles. The number of quaternary nitrogens is 1. The van der Waals surface area contributed by atoms with E-state index in [9.17, 15) is 19.8 Å². The van der Waals surface area contributed by atoms with E-state index < -0.39 is 42.0 Å². The number of amides is 1. The summed E-state index contributed by atoms with van der Waals surface area (Å²) >= 11 is 0. The van der Waals surface area contributed by atoms with Gasteiger partial charge in [-0.15, -0.1) is 0 Å². The molecular weight excluding hydrogens is 338 g/mol. The molecule has 0 aromatic rings. The Bertz CT molecular complexity index is 549. The van der Waals surface area contributed by atoms with E-state index >= 15 is 0 Å². The van der Waals surface area contributed by atoms with Gasteiger partial charge in [-0.3, -0.25) is 4.48 Å². The highest BCUT2D eigenvalue weighted by Crippen LogP contribution is 2.50. The van der Waals surface area contributed by atoms with Gasteiger partial charge in [0.1, 0.15) is 6.10 Å². The normalized spacial score (nSPS) is 31.2. The minimum atomic E-state index is -2.26. The van der Waals surface area contributed by atoms with E-state index in [0.717, 1.165) is 0 Å². The average Bonchev–Trinajstić information content (AvgIpc) is 2.72. The Hall–Kier alpha value is -0.923. The van der Waals surface area contributed by atoms with Gasteiger partial charge in [-0.2, -0.15) is 0 Å². The number of likely N-dealkylation sites (tertiary alicyclic amines) is 1. The first kappa shape index (κ1) is 22.1. The van der Waals surface area contributed by atoms with Gasteiger partial charge in [-0.05, 0) is 38.9 Å². The lowest BCUT2D eigenvalue weighted by Crippen LogP contribution is -2.79. The van der Waals surface area contributed by atoms with Gasteiger partial charge in [-0.1, -0.05) is 27.7 Å². The molecule has 0 radical (unpaired) electrons. The zero-order valence-electron chi connectivity index (χ0n) is 17.2. The van der Waals surface area contributed by atoms with Crippen molar-refractivity contribution in [3.8, 4) is 0 Å². The third-order valence-corrected chi connectivity index (χ3v) is 11.0. The fourth-order valence-electron chi connectivity index (χ4n) is 4.10. The highest BCUT2D eigenvalue weighted by atomic mass is 28.4. The van der Waals surface area contributed by atoms with Gasteiger partial charge in [0.25, 0.3) is 6.09 Å². The molecule has 1 heterocycles. The van der Waals surface area contributed by atoms with Gasteiger partial charge in [0, 0.05) is 12.8 Å². The average molecular weight is 374 g/mol. The van der Waals surface area contributed by atoms with Crippen molar-refractivity contribution in [2.75, 3.05) is 6.54 Å². The minimum absolute atomic E-state index is 0.0908. The van der Waals surface area contributed by atoms with Crippen LogP contribution in [0.2, 0.25) is 18.1 Å². The van der Waals surface area contributed by atoms with Gasteiger partial charge in [0.15, 0.2) is 8.32 Å². The topological polar surface area (TPSA) is 86.7 Å². The summed E-state index contributed by atoms with van der Waals surface area (Å²) in [6, 6.07) is 0. The molecule has 0 bridgehead atoms. The van der Waals surface area contributed by atoms with E-state index in [1.807, 2.05) is 0 Å². The predicted octanol–water partition coefficient (Wildman–Crippen LogP) is 2.97. The zero-order valence-corrected chi connectivity index (χ0v) is 18.2. The first-order chi connectivity index (χ1) is 11.0. The van der Waals surface area contributed by atoms with Crippen LogP contribution in [0.15, 0.2) is 0 Å². The fraction of sp³-hybridized carbons (Fsp3) is 0.889. The lowest BCUT2D eigenvalue weighted by molar-refractivity contribution is -0.947. The smallest absolute Gasteiger partial charge is 0.368 e. The number of carboxylic acid groups (broad SMARTS) is 2. The van der Waals surface area contributed by atoms with Crippen LogP contribution < -0.4 is 5.11 Å². The predicted molar refractivity (Wildman–Crippen MR) is 97.6 cm³/mol. The Morgan fingerprint density at radius 2 is 1.72 bits per heavy atom. The molecule has 3 atom stereocenters. The van der Waals surface area contributed by atoms with Crippen LogP contribution in [0.1, 0.15) is 61.3 Å². The monoisotopic (exact) mass is 373 g/mol.